The van der Waals surface area contributed by atoms with Gasteiger partial charge in [-0.25, -0.2) is 0 Å². The first-order valence-electron chi connectivity index (χ1n) is 3.87. The Morgan fingerprint density at radius 3 is 2.60 bits per heavy atom. The molecule has 0 atom stereocenters. The molecule has 0 N–H and O–H groups in total. The van der Waals surface area contributed by atoms with Crippen molar-refractivity contribution in [2.45, 2.75) is 6.92 Å². The highest BCUT2D eigenvalue weighted by atomic mass is 127. The third-order valence-corrected chi connectivity index (χ3v) is 2.90. The van der Waals surface area contributed by atoms with Crippen LogP contribution < -0.4 is 0 Å². The molecule has 0 saturated carbocycles. The van der Waals surface area contributed by atoms with E-state index in [0.29, 0.717) is 0 Å². The molecular weight excluding hydrogens is 311 g/mol. The van der Waals surface area contributed by atoms with Crippen LogP contribution in [-0.2, 0) is 0 Å². The minimum atomic E-state index is -0.577. The van der Waals surface area contributed by atoms with E-state index in [0.717, 1.165) is 0 Å². The van der Waals surface area contributed by atoms with Crippen LogP contribution in [0.1, 0.15) is 22.8 Å². The third-order valence-electron chi connectivity index (χ3n) is 1.81. The molecule has 0 amide bonds. The van der Waals surface area contributed by atoms with Crippen molar-refractivity contribution in [2.75, 3.05) is 0 Å². The lowest BCUT2D eigenvalue weighted by molar-refractivity contribution is -0.385. The van der Waals surface area contributed by atoms with Gasteiger partial charge in [0.25, 0.3) is 5.69 Å². The Hall–Kier alpha value is -1.49. The molecule has 0 spiro atoms. The molecule has 0 fully saturated rings. The topological polar surface area (TPSA) is 84.0 Å². The Morgan fingerprint density at radius 1 is 1.60 bits per heavy atom. The van der Waals surface area contributed by atoms with Crippen molar-refractivity contribution in [1.82, 2.24) is 0 Å². The molecule has 1 aromatic carbocycles. The predicted molar refractivity (Wildman–Crippen MR) is 60.5 cm³/mol. The van der Waals surface area contributed by atoms with Crippen LogP contribution in [0, 0.1) is 25.0 Å². The van der Waals surface area contributed by atoms with Gasteiger partial charge < -0.3 is 0 Å². The Balaban J connectivity index is 3.55. The van der Waals surface area contributed by atoms with Crippen LogP contribution in [0.4, 0.5) is 5.69 Å². The smallest absolute Gasteiger partial charge is 0.284 e. The minimum Gasteiger partial charge on any atom is -0.294 e. The zero-order valence-electron chi connectivity index (χ0n) is 7.65. The van der Waals surface area contributed by atoms with Gasteiger partial charge in [-0.2, -0.15) is 5.26 Å². The van der Waals surface area contributed by atoms with E-state index in [1.165, 1.54) is 19.1 Å². The molecule has 0 radical (unpaired) electrons. The van der Waals surface area contributed by atoms with Gasteiger partial charge in [-0.15, -0.1) is 0 Å². The van der Waals surface area contributed by atoms with Crippen molar-refractivity contribution in [3.63, 3.8) is 0 Å². The molecule has 76 valence electrons. The highest BCUT2D eigenvalue weighted by Crippen LogP contribution is 2.26. The second-order valence-electron chi connectivity index (χ2n) is 2.75. The van der Waals surface area contributed by atoms with Crippen LogP contribution in [0.25, 0.3) is 0 Å². The number of nitro groups is 1. The maximum Gasteiger partial charge on any atom is 0.284 e. The Bertz CT molecular complexity index is 491. The summed E-state index contributed by atoms with van der Waals surface area (Å²) in [6.45, 7) is 1.32. The maximum atomic E-state index is 11.1. The standard InChI is InChI=1S/C9H5IN2O3/c1-5(13)6-2-3-8(12(14)15)9(10)7(6)4-11/h2-3H,1H3. The molecule has 0 aliphatic heterocycles. The Kier molecular flexibility index (Phi) is 3.36. The summed E-state index contributed by atoms with van der Waals surface area (Å²) in [7, 11) is 0. The molecule has 0 aromatic heterocycles. The average molecular weight is 316 g/mol. The highest BCUT2D eigenvalue weighted by molar-refractivity contribution is 14.1. The van der Waals surface area contributed by atoms with Gasteiger partial charge in [0, 0.05) is 11.6 Å². The Labute approximate surface area is 99.0 Å². The van der Waals surface area contributed by atoms with Gasteiger partial charge in [-0.1, -0.05) is 0 Å². The first kappa shape index (κ1) is 11.6. The molecule has 0 saturated heterocycles. The molecular formula is C9H5IN2O3. The molecule has 0 heterocycles. The van der Waals surface area contributed by atoms with Crippen molar-refractivity contribution in [3.8, 4) is 6.07 Å². The highest BCUT2D eigenvalue weighted by Gasteiger charge is 2.20. The SMILES string of the molecule is CC(=O)c1ccc([N+](=O)[O-])c(I)c1C#N. The number of carbonyl (C=O) groups is 1. The lowest BCUT2D eigenvalue weighted by atomic mass is 10.0. The van der Waals surface area contributed by atoms with Crippen LogP contribution in [-0.4, -0.2) is 10.7 Å². The van der Waals surface area contributed by atoms with E-state index in [1.54, 1.807) is 22.6 Å². The number of ketones is 1. The summed E-state index contributed by atoms with van der Waals surface area (Å²) >= 11 is 1.70. The number of Topliss-reactive ketones (excluding diaryl/α,β-unsaturated/α-hetero) is 1. The lowest BCUT2D eigenvalue weighted by Gasteiger charge is -2.02. The van der Waals surface area contributed by atoms with Gasteiger partial charge in [0.05, 0.1) is 10.5 Å². The maximum absolute atomic E-state index is 11.1. The number of nitriles is 1. The van der Waals surface area contributed by atoms with Crippen LogP contribution in [0.5, 0.6) is 0 Å². The number of benzene rings is 1. The molecule has 0 unspecified atom stereocenters. The fourth-order valence-electron chi connectivity index (χ4n) is 1.11. The van der Waals surface area contributed by atoms with Gasteiger partial charge >= 0.3 is 0 Å². The fourth-order valence-corrected chi connectivity index (χ4v) is 1.90. The zero-order valence-corrected chi connectivity index (χ0v) is 9.81. The summed E-state index contributed by atoms with van der Waals surface area (Å²) in [5.41, 5.74) is 0.127. The third kappa shape index (κ3) is 2.12. The number of hydrogen-bond donors (Lipinski definition) is 0. The van der Waals surface area contributed by atoms with Crippen LogP contribution >= 0.6 is 22.6 Å². The van der Waals surface area contributed by atoms with Gasteiger partial charge in [-0.3, -0.25) is 14.9 Å². The molecule has 5 nitrogen and oxygen atoms in total. The van der Waals surface area contributed by atoms with Crippen molar-refractivity contribution < 1.29 is 9.72 Å². The second kappa shape index (κ2) is 4.35. The summed E-state index contributed by atoms with van der Waals surface area (Å²) < 4.78 is 0.202. The molecule has 0 bridgehead atoms. The molecule has 1 rings (SSSR count). The van der Waals surface area contributed by atoms with Crippen molar-refractivity contribution >= 4 is 34.1 Å². The number of halogens is 1. The van der Waals surface area contributed by atoms with E-state index >= 15 is 0 Å². The second-order valence-corrected chi connectivity index (χ2v) is 3.83. The van der Waals surface area contributed by atoms with Gasteiger partial charge in [0.15, 0.2) is 5.78 Å². The average Bonchev–Trinajstić information content (AvgIpc) is 2.16. The lowest BCUT2D eigenvalue weighted by Crippen LogP contribution is -2.02. The van der Waals surface area contributed by atoms with Crippen LogP contribution in [0.15, 0.2) is 12.1 Å². The van der Waals surface area contributed by atoms with E-state index in [2.05, 4.69) is 0 Å². The van der Waals surface area contributed by atoms with Crippen molar-refractivity contribution in [1.29, 1.82) is 5.26 Å². The van der Waals surface area contributed by atoms with E-state index in [4.69, 9.17) is 5.26 Å². The van der Waals surface area contributed by atoms with E-state index in [9.17, 15) is 14.9 Å². The predicted octanol–water partition coefficient (Wildman–Crippen LogP) is 2.27. The number of carbonyl (C=O) groups excluding carboxylic acids is 1. The number of rotatable bonds is 2. The first-order chi connectivity index (χ1) is 6.99. The number of nitro benzene ring substituents is 1. The summed E-state index contributed by atoms with van der Waals surface area (Å²) in [4.78, 5) is 21.1. The molecule has 6 heteroatoms. The van der Waals surface area contributed by atoms with Crippen molar-refractivity contribution in [2.24, 2.45) is 0 Å². The van der Waals surface area contributed by atoms with E-state index in [-0.39, 0.29) is 26.2 Å². The fraction of sp³-hybridized carbons (Fsp3) is 0.111. The summed E-state index contributed by atoms with van der Waals surface area (Å²) in [5, 5.41) is 19.4. The molecule has 15 heavy (non-hydrogen) atoms. The van der Waals surface area contributed by atoms with Crippen molar-refractivity contribution in [3.05, 3.63) is 36.9 Å². The van der Waals surface area contributed by atoms with Gasteiger partial charge in [0.1, 0.15) is 9.64 Å². The quantitative estimate of drug-likeness (QED) is 0.363. The number of nitrogens with zero attached hydrogens (tertiary/aromatic N) is 2. The summed E-state index contributed by atoms with van der Waals surface area (Å²) in [6, 6.07) is 4.35. The summed E-state index contributed by atoms with van der Waals surface area (Å²) in [5.74, 6) is -0.278. The molecule has 1 aromatic rings. The first-order valence-corrected chi connectivity index (χ1v) is 4.94. The monoisotopic (exact) mass is 316 g/mol. The van der Waals surface area contributed by atoms with E-state index < -0.39 is 4.92 Å². The molecule has 0 aliphatic carbocycles. The van der Waals surface area contributed by atoms with Gasteiger partial charge in [0.2, 0.25) is 0 Å². The minimum absolute atomic E-state index is 0.0669. The summed E-state index contributed by atoms with van der Waals surface area (Å²) in [6.07, 6.45) is 0. The zero-order chi connectivity index (χ0) is 11.6. The van der Waals surface area contributed by atoms with Crippen LogP contribution in [0.2, 0.25) is 0 Å². The molecule has 0 aliphatic rings. The number of hydrogen-bond acceptors (Lipinski definition) is 4. The van der Waals surface area contributed by atoms with Crippen LogP contribution in [0.3, 0.4) is 0 Å². The normalized spacial score (nSPS) is 9.40. The van der Waals surface area contributed by atoms with Gasteiger partial charge in [-0.05, 0) is 35.6 Å². The van der Waals surface area contributed by atoms with E-state index in [1.807, 2.05) is 6.07 Å². The largest absolute Gasteiger partial charge is 0.294 e. The Morgan fingerprint density at radius 2 is 2.20 bits per heavy atom.